The Kier molecular flexibility index (Phi) is 5.54. The molecule has 3 fully saturated rings. The van der Waals surface area contributed by atoms with Gasteiger partial charge in [0.05, 0.1) is 12.7 Å². The van der Waals surface area contributed by atoms with Gasteiger partial charge in [-0.1, -0.05) is 0 Å². The van der Waals surface area contributed by atoms with E-state index >= 15 is 0 Å². The van der Waals surface area contributed by atoms with Crippen LogP contribution in [0.15, 0.2) is 0 Å². The van der Waals surface area contributed by atoms with Gasteiger partial charge in [0.1, 0.15) is 0 Å². The maximum absolute atomic E-state index is 5.89. The molecule has 3 aliphatic rings. The standard InChI is InChI=1S/C17H32N2O2/c1-19(11-16-5-2-3-10-21-16)13-17(8-4-9-20-14-17)12-18-15-6-7-15/h15-16,18H,2-14H2,1H3. The van der Waals surface area contributed by atoms with Crippen molar-refractivity contribution in [3.05, 3.63) is 0 Å². The molecule has 0 aromatic carbocycles. The first-order valence-corrected chi connectivity index (χ1v) is 8.87. The number of likely N-dealkylation sites (N-methyl/N-ethyl adjacent to an activating group) is 1. The molecule has 2 aliphatic heterocycles. The first kappa shape index (κ1) is 15.7. The van der Waals surface area contributed by atoms with Gasteiger partial charge in [-0.2, -0.15) is 0 Å². The maximum Gasteiger partial charge on any atom is 0.0701 e. The molecule has 0 amide bonds. The Labute approximate surface area is 129 Å². The molecule has 2 saturated heterocycles. The lowest BCUT2D eigenvalue weighted by Gasteiger charge is -2.41. The van der Waals surface area contributed by atoms with E-state index < -0.39 is 0 Å². The quantitative estimate of drug-likeness (QED) is 0.779. The van der Waals surface area contributed by atoms with Crippen molar-refractivity contribution >= 4 is 0 Å². The average molecular weight is 296 g/mol. The lowest BCUT2D eigenvalue weighted by atomic mass is 9.81. The number of hydrogen-bond donors (Lipinski definition) is 1. The molecule has 2 heterocycles. The van der Waals surface area contributed by atoms with Crippen molar-refractivity contribution in [2.75, 3.05) is 46.5 Å². The average Bonchev–Trinajstić information content (AvgIpc) is 3.31. The Bertz CT molecular complexity index is 308. The van der Waals surface area contributed by atoms with E-state index in [1.165, 1.54) is 44.9 Å². The summed E-state index contributed by atoms with van der Waals surface area (Å²) in [4.78, 5) is 2.49. The van der Waals surface area contributed by atoms with Gasteiger partial charge < -0.3 is 19.7 Å². The van der Waals surface area contributed by atoms with E-state index in [9.17, 15) is 0 Å². The van der Waals surface area contributed by atoms with Crippen LogP contribution in [-0.4, -0.2) is 63.5 Å². The molecule has 3 rings (SSSR count). The number of ether oxygens (including phenoxy) is 2. The fraction of sp³-hybridized carbons (Fsp3) is 1.00. The van der Waals surface area contributed by atoms with E-state index in [2.05, 4.69) is 17.3 Å². The third-order valence-electron chi connectivity index (χ3n) is 5.14. The van der Waals surface area contributed by atoms with Crippen LogP contribution in [0.4, 0.5) is 0 Å². The van der Waals surface area contributed by atoms with Crippen LogP contribution in [0.5, 0.6) is 0 Å². The normalized spacial score (nSPS) is 34.3. The molecular formula is C17H32N2O2. The highest BCUT2D eigenvalue weighted by molar-refractivity contribution is 4.91. The lowest BCUT2D eigenvalue weighted by Crippen LogP contribution is -2.50. The third kappa shape index (κ3) is 4.92. The summed E-state index contributed by atoms with van der Waals surface area (Å²) < 4.78 is 11.7. The SMILES string of the molecule is CN(CC1CCCCO1)CC1(CNC2CC2)CCCOC1. The molecule has 0 aromatic rings. The molecule has 4 heteroatoms. The Balaban J connectivity index is 1.49. The molecule has 21 heavy (non-hydrogen) atoms. The summed E-state index contributed by atoms with van der Waals surface area (Å²) in [6, 6.07) is 0.788. The minimum Gasteiger partial charge on any atom is -0.381 e. The highest BCUT2D eigenvalue weighted by atomic mass is 16.5. The Hall–Kier alpha value is -0.160. The van der Waals surface area contributed by atoms with Crippen LogP contribution >= 0.6 is 0 Å². The van der Waals surface area contributed by atoms with Crippen LogP contribution in [0.3, 0.4) is 0 Å². The second kappa shape index (κ2) is 7.40. The van der Waals surface area contributed by atoms with Crippen molar-refractivity contribution in [2.24, 2.45) is 5.41 Å². The summed E-state index contributed by atoms with van der Waals surface area (Å²) in [5, 5.41) is 3.74. The van der Waals surface area contributed by atoms with Crippen molar-refractivity contribution in [1.82, 2.24) is 10.2 Å². The molecule has 1 N–H and O–H groups in total. The predicted molar refractivity (Wildman–Crippen MR) is 84.6 cm³/mol. The predicted octanol–water partition coefficient (Wildman–Crippen LogP) is 2.04. The van der Waals surface area contributed by atoms with Crippen molar-refractivity contribution in [3.8, 4) is 0 Å². The number of nitrogens with one attached hydrogen (secondary N) is 1. The second-order valence-corrected chi connectivity index (χ2v) is 7.50. The summed E-state index contributed by atoms with van der Waals surface area (Å²) in [5.74, 6) is 0. The van der Waals surface area contributed by atoms with Gasteiger partial charge in [-0.05, 0) is 52.0 Å². The topological polar surface area (TPSA) is 33.7 Å². The summed E-state index contributed by atoms with van der Waals surface area (Å²) in [6.45, 7) is 6.14. The smallest absolute Gasteiger partial charge is 0.0701 e. The molecule has 0 aromatic heterocycles. The lowest BCUT2D eigenvalue weighted by molar-refractivity contribution is -0.0408. The monoisotopic (exact) mass is 296 g/mol. The molecule has 0 radical (unpaired) electrons. The first-order valence-electron chi connectivity index (χ1n) is 8.87. The van der Waals surface area contributed by atoms with Gasteiger partial charge >= 0.3 is 0 Å². The fourth-order valence-corrected chi connectivity index (χ4v) is 3.81. The minimum absolute atomic E-state index is 0.310. The summed E-state index contributed by atoms with van der Waals surface area (Å²) in [6.07, 6.45) is 9.48. The molecule has 0 bridgehead atoms. The van der Waals surface area contributed by atoms with Crippen LogP contribution in [-0.2, 0) is 9.47 Å². The van der Waals surface area contributed by atoms with Crippen LogP contribution in [0, 0.1) is 5.41 Å². The van der Waals surface area contributed by atoms with Crippen molar-refractivity contribution in [3.63, 3.8) is 0 Å². The number of rotatable bonds is 7. The minimum atomic E-state index is 0.310. The van der Waals surface area contributed by atoms with Crippen molar-refractivity contribution in [2.45, 2.75) is 57.1 Å². The molecule has 1 saturated carbocycles. The highest BCUT2D eigenvalue weighted by Crippen LogP contribution is 2.31. The second-order valence-electron chi connectivity index (χ2n) is 7.50. The van der Waals surface area contributed by atoms with Crippen LogP contribution in [0.2, 0.25) is 0 Å². The van der Waals surface area contributed by atoms with Crippen LogP contribution in [0.25, 0.3) is 0 Å². The summed E-state index contributed by atoms with van der Waals surface area (Å²) in [7, 11) is 2.26. The number of nitrogens with zero attached hydrogens (tertiary/aromatic N) is 1. The summed E-state index contributed by atoms with van der Waals surface area (Å²) >= 11 is 0. The zero-order chi connectivity index (χ0) is 14.5. The van der Waals surface area contributed by atoms with E-state index in [4.69, 9.17) is 9.47 Å². The number of hydrogen-bond acceptors (Lipinski definition) is 4. The zero-order valence-electron chi connectivity index (χ0n) is 13.6. The van der Waals surface area contributed by atoms with Gasteiger partial charge in [-0.15, -0.1) is 0 Å². The molecule has 2 atom stereocenters. The zero-order valence-corrected chi connectivity index (χ0v) is 13.6. The molecule has 0 spiro atoms. The maximum atomic E-state index is 5.89. The van der Waals surface area contributed by atoms with Crippen molar-refractivity contribution < 1.29 is 9.47 Å². The van der Waals surface area contributed by atoms with E-state index in [1.807, 2.05) is 0 Å². The van der Waals surface area contributed by atoms with Crippen LogP contribution in [0.1, 0.15) is 44.9 Å². The van der Waals surface area contributed by atoms with Gasteiger partial charge in [-0.3, -0.25) is 0 Å². The molecule has 2 unspecified atom stereocenters. The molecule has 4 nitrogen and oxygen atoms in total. The summed E-state index contributed by atoms with van der Waals surface area (Å²) in [5.41, 5.74) is 0.310. The van der Waals surface area contributed by atoms with Gasteiger partial charge in [0, 0.05) is 44.3 Å². The largest absolute Gasteiger partial charge is 0.381 e. The highest BCUT2D eigenvalue weighted by Gasteiger charge is 2.36. The molecular weight excluding hydrogens is 264 g/mol. The van der Waals surface area contributed by atoms with E-state index in [0.717, 1.165) is 45.5 Å². The van der Waals surface area contributed by atoms with Crippen LogP contribution < -0.4 is 5.32 Å². The third-order valence-corrected chi connectivity index (χ3v) is 5.14. The van der Waals surface area contributed by atoms with E-state index in [1.54, 1.807) is 0 Å². The fourth-order valence-electron chi connectivity index (χ4n) is 3.81. The molecule has 1 aliphatic carbocycles. The molecule has 122 valence electrons. The van der Waals surface area contributed by atoms with Gasteiger partial charge in [0.25, 0.3) is 0 Å². The Morgan fingerprint density at radius 2 is 2.05 bits per heavy atom. The van der Waals surface area contributed by atoms with Crippen molar-refractivity contribution in [1.29, 1.82) is 0 Å². The van der Waals surface area contributed by atoms with E-state index in [0.29, 0.717) is 11.5 Å². The Morgan fingerprint density at radius 3 is 2.71 bits per heavy atom. The van der Waals surface area contributed by atoms with Gasteiger partial charge in [0.15, 0.2) is 0 Å². The Morgan fingerprint density at radius 1 is 1.14 bits per heavy atom. The van der Waals surface area contributed by atoms with Gasteiger partial charge in [-0.25, -0.2) is 0 Å². The van der Waals surface area contributed by atoms with Gasteiger partial charge in [0.2, 0.25) is 0 Å². The first-order chi connectivity index (χ1) is 10.3. The van der Waals surface area contributed by atoms with E-state index in [-0.39, 0.29) is 0 Å².